The quantitative estimate of drug-likeness (QED) is 0.552. The summed E-state index contributed by atoms with van der Waals surface area (Å²) < 4.78 is 14.3. The van der Waals surface area contributed by atoms with Gasteiger partial charge in [0.15, 0.2) is 0 Å². The van der Waals surface area contributed by atoms with E-state index < -0.39 is 5.95 Å². The summed E-state index contributed by atoms with van der Waals surface area (Å²) in [6, 6.07) is 15.3. The van der Waals surface area contributed by atoms with Crippen molar-refractivity contribution in [2.75, 3.05) is 0 Å². The first-order valence-corrected chi connectivity index (χ1v) is 8.19. The van der Waals surface area contributed by atoms with Crippen LogP contribution in [0.1, 0.15) is 16.0 Å². The van der Waals surface area contributed by atoms with Gasteiger partial charge in [-0.25, -0.2) is 4.98 Å². The summed E-state index contributed by atoms with van der Waals surface area (Å²) in [5, 5.41) is 0. The average molecular weight is 362 g/mol. The molecule has 2 aromatic heterocycles. The lowest BCUT2D eigenvalue weighted by Crippen LogP contribution is -1.89. The smallest absolute Gasteiger partial charge is 0.213 e. The monoisotopic (exact) mass is 361 g/mol. The number of aryl methyl sites for hydroxylation is 1. The number of pyridine rings is 1. The minimum atomic E-state index is -0.440. The van der Waals surface area contributed by atoms with Crippen LogP contribution >= 0.6 is 27.3 Å². The van der Waals surface area contributed by atoms with Crippen molar-refractivity contribution >= 4 is 27.3 Å². The molecule has 106 valence electrons. The Morgan fingerprint density at radius 3 is 2.81 bits per heavy atom. The largest absolute Gasteiger partial charge is 0.219 e. The van der Waals surface area contributed by atoms with E-state index in [1.807, 2.05) is 12.1 Å². The number of thiophene rings is 1. The highest BCUT2D eigenvalue weighted by atomic mass is 79.9. The number of hydrogen-bond donors (Lipinski definition) is 0. The van der Waals surface area contributed by atoms with Crippen molar-refractivity contribution in [2.45, 2.75) is 13.3 Å². The zero-order valence-corrected chi connectivity index (χ0v) is 13.8. The predicted molar refractivity (Wildman–Crippen MR) is 89.2 cm³/mol. The molecule has 21 heavy (non-hydrogen) atoms. The van der Waals surface area contributed by atoms with E-state index in [4.69, 9.17) is 0 Å². The van der Waals surface area contributed by atoms with Crippen LogP contribution < -0.4 is 0 Å². The van der Waals surface area contributed by atoms with Crippen molar-refractivity contribution in [1.82, 2.24) is 4.98 Å². The Balaban J connectivity index is 1.87. The van der Waals surface area contributed by atoms with E-state index in [0.717, 1.165) is 15.8 Å². The van der Waals surface area contributed by atoms with Gasteiger partial charge in [0.2, 0.25) is 5.95 Å². The number of aromatic nitrogens is 1. The molecule has 1 aromatic carbocycles. The second kappa shape index (κ2) is 6.08. The van der Waals surface area contributed by atoms with Crippen LogP contribution in [-0.4, -0.2) is 4.98 Å². The molecule has 1 nitrogen and oxygen atoms in total. The second-order valence-corrected chi connectivity index (χ2v) is 6.94. The molecule has 0 aliphatic heterocycles. The third-order valence-corrected chi connectivity index (χ3v) is 4.91. The second-order valence-electron chi connectivity index (χ2n) is 4.86. The van der Waals surface area contributed by atoms with E-state index in [0.29, 0.717) is 5.69 Å². The molecule has 0 bridgehead atoms. The predicted octanol–water partition coefficient (Wildman–Crippen LogP) is 5.61. The van der Waals surface area contributed by atoms with Crippen LogP contribution in [0.25, 0.3) is 10.6 Å². The molecule has 0 aliphatic rings. The molecule has 0 spiro atoms. The highest BCUT2D eigenvalue weighted by molar-refractivity contribution is 9.10. The van der Waals surface area contributed by atoms with Crippen LogP contribution in [-0.2, 0) is 6.42 Å². The molecule has 0 aliphatic carbocycles. The molecule has 0 saturated carbocycles. The molecule has 0 atom stereocenters. The zero-order valence-electron chi connectivity index (χ0n) is 11.4. The Hall–Kier alpha value is -1.52. The van der Waals surface area contributed by atoms with Crippen LogP contribution in [0.15, 0.2) is 53.0 Å². The molecular weight excluding hydrogens is 349 g/mol. The van der Waals surface area contributed by atoms with Gasteiger partial charge in [0, 0.05) is 15.8 Å². The number of halogens is 2. The lowest BCUT2D eigenvalue weighted by molar-refractivity contribution is 0.585. The van der Waals surface area contributed by atoms with Crippen molar-refractivity contribution in [3.63, 3.8) is 0 Å². The van der Waals surface area contributed by atoms with Gasteiger partial charge in [-0.3, -0.25) is 0 Å². The zero-order chi connectivity index (χ0) is 14.8. The third kappa shape index (κ3) is 3.39. The van der Waals surface area contributed by atoms with Gasteiger partial charge in [0.25, 0.3) is 0 Å². The van der Waals surface area contributed by atoms with E-state index >= 15 is 0 Å². The highest BCUT2D eigenvalue weighted by Gasteiger charge is 2.07. The topological polar surface area (TPSA) is 12.9 Å². The number of nitrogens with zero attached hydrogens (tertiary/aromatic N) is 1. The van der Waals surface area contributed by atoms with Gasteiger partial charge in [0.05, 0.1) is 10.6 Å². The van der Waals surface area contributed by atoms with Crippen LogP contribution in [0.4, 0.5) is 4.39 Å². The first kappa shape index (κ1) is 14.4. The number of hydrogen-bond acceptors (Lipinski definition) is 2. The van der Waals surface area contributed by atoms with Crippen LogP contribution in [0, 0.1) is 12.9 Å². The first-order valence-electron chi connectivity index (χ1n) is 6.58. The number of benzene rings is 1. The standard InChI is InChI=1S/C17H13BrFNS/c1-11-5-6-13(18)9-12(11)10-14-7-8-16(21-14)15-3-2-4-17(19)20-15/h2-9H,10H2,1H3. The van der Waals surface area contributed by atoms with Crippen LogP contribution in [0.3, 0.4) is 0 Å². The maximum Gasteiger partial charge on any atom is 0.213 e. The Labute approximate surface area is 135 Å². The third-order valence-electron chi connectivity index (χ3n) is 3.31. The summed E-state index contributed by atoms with van der Waals surface area (Å²) in [5.74, 6) is -0.440. The summed E-state index contributed by atoms with van der Waals surface area (Å²) in [6.07, 6.45) is 0.880. The van der Waals surface area contributed by atoms with E-state index in [9.17, 15) is 4.39 Å². The van der Waals surface area contributed by atoms with Crippen molar-refractivity contribution in [1.29, 1.82) is 0 Å². The lowest BCUT2D eigenvalue weighted by atomic mass is 10.1. The summed E-state index contributed by atoms with van der Waals surface area (Å²) in [4.78, 5) is 6.18. The molecule has 0 N–H and O–H groups in total. The summed E-state index contributed by atoms with van der Waals surface area (Å²) >= 11 is 5.17. The fourth-order valence-electron chi connectivity index (χ4n) is 2.17. The van der Waals surface area contributed by atoms with Crippen molar-refractivity contribution in [2.24, 2.45) is 0 Å². The van der Waals surface area contributed by atoms with Gasteiger partial charge in [-0.1, -0.05) is 28.1 Å². The Morgan fingerprint density at radius 2 is 2.00 bits per heavy atom. The summed E-state index contributed by atoms with van der Waals surface area (Å²) in [6.45, 7) is 2.12. The fourth-order valence-corrected chi connectivity index (χ4v) is 3.58. The molecule has 0 fully saturated rings. The molecule has 2 heterocycles. The molecular formula is C17H13BrFNS. The first-order chi connectivity index (χ1) is 10.1. The van der Waals surface area contributed by atoms with E-state index in [1.54, 1.807) is 17.4 Å². The van der Waals surface area contributed by atoms with E-state index in [2.05, 4.69) is 52.1 Å². The summed E-state index contributed by atoms with van der Waals surface area (Å²) in [7, 11) is 0. The van der Waals surface area contributed by atoms with Crippen molar-refractivity contribution in [3.8, 4) is 10.6 Å². The lowest BCUT2D eigenvalue weighted by Gasteiger charge is -2.04. The van der Waals surface area contributed by atoms with Crippen LogP contribution in [0.2, 0.25) is 0 Å². The minimum absolute atomic E-state index is 0.440. The average Bonchev–Trinajstić information content (AvgIpc) is 2.91. The van der Waals surface area contributed by atoms with E-state index in [1.165, 1.54) is 22.1 Å². The molecule has 0 unspecified atom stereocenters. The van der Waals surface area contributed by atoms with Gasteiger partial charge >= 0.3 is 0 Å². The molecule has 0 radical (unpaired) electrons. The Morgan fingerprint density at radius 1 is 1.14 bits per heavy atom. The Bertz CT molecular complexity index is 782. The molecule has 3 aromatic rings. The van der Waals surface area contributed by atoms with Gasteiger partial charge in [0.1, 0.15) is 0 Å². The van der Waals surface area contributed by atoms with Gasteiger partial charge < -0.3 is 0 Å². The van der Waals surface area contributed by atoms with Gasteiger partial charge in [-0.2, -0.15) is 4.39 Å². The molecule has 3 rings (SSSR count). The SMILES string of the molecule is Cc1ccc(Br)cc1Cc1ccc(-c2cccc(F)n2)s1. The fraction of sp³-hybridized carbons (Fsp3) is 0.118. The van der Waals surface area contributed by atoms with Gasteiger partial charge in [-0.15, -0.1) is 11.3 Å². The summed E-state index contributed by atoms with van der Waals surface area (Å²) in [5.41, 5.74) is 3.26. The number of rotatable bonds is 3. The normalized spacial score (nSPS) is 10.8. The maximum absolute atomic E-state index is 13.2. The molecule has 0 amide bonds. The highest BCUT2D eigenvalue weighted by Crippen LogP contribution is 2.29. The van der Waals surface area contributed by atoms with Crippen molar-refractivity contribution < 1.29 is 4.39 Å². The van der Waals surface area contributed by atoms with Crippen LogP contribution in [0.5, 0.6) is 0 Å². The van der Waals surface area contributed by atoms with E-state index in [-0.39, 0.29) is 0 Å². The Kier molecular flexibility index (Phi) is 4.17. The molecule has 0 saturated heterocycles. The van der Waals surface area contributed by atoms with Gasteiger partial charge in [-0.05, 0) is 54.4 Å². The van der Waals surface area contributed by atoms with Crippen molar-refractivity contribution in [3.05, 3.63) is 75.0 Å². The molecule has 4 heteroatoms. The maximum atomic E-state index is 13.2. The minimum Gasteiger partial charge on any atom is -0.219 e.